The van der Waals surface area contributed by atoms with Crippen LogP contribution in [-0.4, -0.2) is 28.2 Å². The number of nitrogens with zero attached hydrogens (tertiary/aromatic N) is 2. The fourth-order valence-corrected chi connectivity index (χ4v) is 1.74. The van der Waals surface area contributed by atoms with E-state index in [1.165, 1.54) is 13.3 Å². The molecular weight excluding hydrogens is 335 g/mol. The highest BCUT2D eigenvalue weighted by atomic mass is 79.9. The summed E-state index contributed by atoms with van der Waals surface area (Å²) in [5, 5.41) is 9.00. The Hall–Kier alpha value is -2.22. The molecule has 8 heteroatoms. The van der Waals surface area contributed by atoms with E-state index < -0.39 is 11.8 Å². The monoisotopic (exact) mass is 342 g/mol. The summed E-state index contributed by atoms with van der Waals surface area (Å²) in [6, 6.07) is 2.92. The minimum atomic E-state index is -1.25. The van der Waals surface area contributed by atoms with Gasteiger partial charge >= 0.3 is 12.0 Å². The van der Waals surface area contributed by atoms with Crippen LogP contribution in [0.3, 0.4) is 0 Å². The van der Waals surface area contributed by atoms with Gasteiger partial charge in [-0.15, -0.1) is 0 Å². The Morgan fingerprint density at radius 1 is 1.45 bits per heavy atom. The number of hydrogen-bond acceptors (Lipinski definition) is 5. The number of rotatable bonds is 4. The van der Waals surface area contributed by atoms with Crippen molar-refractivity contribution >= 4 is 21.9 Å². The van der Waals surface area contributed by atoms with Crippen LogP contribution in [0.25, 0.3) is 0 Å². The third-order valence-corrected chi connectivity index (χ3v) is 2.80. The molecule has 6 nitrogen and oxygen atoms in total. The van der Waals surface area contributed by atoms with Crippen LogP contribution in [0.15, 0.2) is 28.9 Å². The smallest absolute Gasteiger partial charge is 0.339 e. The van der Waals surface area contributed by atoms with E-state index in [0.717, 1.165) is 18.2 Å². The predicted molar refractivity (Wildman–Crippen MR) is 69.7 cm³/mol. The number of hydrogen-bond donors (Lipinski definition) is 1. The summed E-state index contributed by atoms with van der Waals surface area (Å²) in [6.07, 6.45) is 1.38. The second-order valence-corrected chi connectivity index (χ2v) is 4.41. The first-order valence-corrected chi connectivity index (χ1v) is 6.08. The zero-order valence-corrected chi connectivity index (χ0v) is 11.7. The average molecular weight is 343 g/mol. The van der Waals surface area contributed by atoms with Gasteiger partial charge in [0.05, 0.1) is 17.8 Å². The molecule has 1 N–H and O–H groups in total. The van der Waals surface area contributed by atoms with E-state index in [0.29, 0.717) is 4.47 Å². The molecule has 0 atom stereocenters. The number of aromatic nitrogens is 2. The summed E-state index contributed by atoms with van der Waals surface area (Å²) in [7, 11) is 1.40. The predicted octanol–water partition coefficient (Wildman–Crippen LogP) is 2.88. The van der Waals surface area contributed by atoms with Crippen LogP contribution in [0.5, 0.6) is 17.6 Å². The van der Waals surface area contributed by atoms with Crippen LogP contribution in [0.2, 0.25) is 0 Å². The maximum absolute atomic E-state index is 13.2. The zero-order valence-electron chi connectivity index (χ0n) is 10.1. The second-order valence-electron chi connectivity index (χ2n) is 3.56. The molecule has 20 heavy (non-hydrogen) atoms. The van der Waals surface area contributed by atoms with E-state index >= 15 is 0 Å². The number of ether oxygens (including phenoxy) is 2. The van der Waals surface area contributed by atoms with Crippen molar-refractivity contribution in [3.05, 3.63) is 40.2 Å². The van der Waals surface area contributed by atoms with Crippen LogP contribution in [0.1, 0.15) is 10.4 Å². The molecule has 2 rings (SSSR count). The summed E-state index contributed by atoms with van der Waals surface area (Å²) in [4.78, 5) is 18.8. The molecule has 0 saturated carbocycles. The summed E-state index contributed by atoms with van der Waals surface area (Å²) in [5.74, 6) is -1.86. The normalized spacial score (nSPS) is 10.2. The maximum Gasteiger partial charge on any atom is 0.339 e. The molecule has 0 fully saturated rings. The molecule has 0 aliphatic carbocycles. The zero-order chi connectivity index (χ0) is 14.7. The summed E-state index contributed by atoms with van der Waals surface area (Å²) in [6.45, 7) is 0. The molecule has 0 radical (unpaired) electrons. The molecule has 1 heterocycles. The number of carboxylic acid groups (broad SMARTS) is 1. The fourth-order valence-electron chi connectivity index (χ4n) is 1.38. The number of aromatic carboxylic acids is 1. The SMILES string of the molecule is COc1nc(Oc2cc(F)ccc2C(=O)O)ncc1Br. The van der Waals surface area contributed by atoms with Crippen molar-refractivity contribution < 1.29 is 23.8 Å². The number of carbonyl (C=O) groups is 1. The van der Waals surface area contributed by atoms with Crippen LogP contribution in [-0.2, 0) is 0 Å². The molecule has 2 aromatic rings. The lowest BCUT2D eigenvalue weighted by atomic mass is 10.2. The molecule has 0 bridgehead atoms. The number of halogens is 2. The van der Waals surface area contributed by atoms with Crippen LogP contribution in [0.4, 0.5) is 4.39 Å². The highest BCUT2D eigenvalue weighted by molar-refractivity contribution is 9.10. The first kappa shape index (κ1) is 14.2. The van der Waals surface area contributed by atoms with E-state index in [1.807, 2.05) is 0 Å². The van der Waals surface area contributed by atoms with Gasteiger partial charge in [0, 0.05) is 6.07 Å². The fraction of sp³-hybridized carbons (Fsp3) is 0.0833. The van der Waals surface area contributed by atoms with Crippen molar-refractivity contribution in [2.75, 3.05) is 7.11 Å². The average Bonchev–Trinajstić information content (AvgIpc) is 2.40. The van der Waals surface area contributed by atoms with Crippen LogP contribution in [0, 0.1) is 5.82 Å². The summed E-state index contributed by atoms with van der Waals surface area (Å²) >= 11 is 3.17. The van der Waals surface area contributed by atoms with Gasteiger partial charge in [0.25, 0.3) is 0 Å². The Balaban J connectivity index is 2.39. The third kappa shape index (κ3) is 3.02. The number of methoxy groups -OCH3 is 1. The lowest BCUT2D eigenvalue weighted by Gasteiger charge is -2.08. The Labute approximate surface area is 121 Å². The topological polar surface area (TPSA) is 81.5 Å². The van der Waals surface area contributed by atoms with Gasteiger partial charge in [-0.2, -0.15) is 4.98 Å². The van der Waals surface area contributed by atoms with Crippen molar-refractivity contribution in [2.24, 2.45) is 0 Å². The van der Waals surface area contributed by atoms with Gasteiger partial charge in [-0.3, -0.25) is 0 Å². The minimum absolute atomic E-state index is 0.154. The summed E-state index contributed by atoms with van der Waals surface area (Å²) in [5.41, 5.74) is -0.197. The molecule has 1 aromatic heterocycles. The lowest BCUT2D eigenvalue weighted by molar-refractivity contribution is 0.0694. The van der Waals surface area contributed by atoms with Crippen molar-refractivity contribution in [2.45, 2.75) is 0 Å². The van der Waals surface area contributed by atoms with Crippen molar-refractivity contribution in [1.82, 2.24) is 9.97 Å². The highest BCUT2D eigenvalue weighted by Crippen LogP contribution is 2.28. The molecule has 0 aliphatic rings. The molecule has 0 unspecified atom stereocenters. The first-order valence-electron chi connectivity index (χ1n) is 5.28. The highest BCUT2D eigenvalue weighted by Gasteiger charge is 2.15. The molecule has 0 spiro atoms. The first-order chi connectivity index (χ1) is 9.51. The Morgan fingerprint density at radius 2 is 2.20 bits per heavy atom. The lowest BCUT2D eigenvalue weighted by Crippen LogP contribution is -2.02. The van der Waals surface area contributed by atoms with Crippen molar-refractivity contribution in [3.63, 3.8) is 0 Å². The van der Waals surface area contributed by atoms with Gasteiger partial charge < -0.3 is 14.6 Å². The number of carboxylic acids is 1. The molecule has 0 aliphatic heterocycles. The third-order valence-electron chi connectivity index (χ3n) is 2.26. The van der Waals surface area contributed by atoms with Crippen LogP contribution >= 0.6 is 15.9 Å². The molecule has 0 amide bonds. The van der Waals surface area contributed by atoms with E-state index in [2.05, 4.69) is 25.9 Å². The summed E-state index contributed by atoms with van der Waals surface area (Å²) < 4.78 is 23.8. The largest absolute Gasteiger partial charge is 0.480 e. The molecular formula is C12H8BrFN2O4. The van der Waals surface area contributed by atoms with Crippen molar-refractivity contribution in [1.29, 1.82) is 0 Å². The van der Waals surface area contributed by atoms with Crippen LogP contribution < -0.4 is 9.47 Å². The number of benzene rings is 1. The Kier molecular flexibility index (Phi) is 4.14. The standard InChI is InChI=1S/C12H8BrFN2O4/c1-19-10-8(13)5-15-12(16-10)20-9-4-6(14)2-3-7(9)11(17)18/h2-5H,1H3,(H,17,18). The van der Waals surface area contributed by atoms with E-state index in [1.54, 1.807) is 0 Å². The van der Waals surface area contributed by atoms with E-state index in [-0.39, 0.29) is 23.2 Å². The second kappa shape index (κ2) is 5.83. The Bertz CT molecular complexity index is 666. The van der Waals surface area contributed by atoms with E-state index in [9.17, 15) is 9.18 Å². The van der Waals surface area contributed by atoms with Gasteiger partial charge in [0.2, 0.25) is 5.88 Å². The van der Waals surface area contributed by atoms with Gasteiger partial charge in [-0.05, 0) is 28.1 Å². The Morgan fingerprint density at radius 3 is 2.85 bits per heavy atom. The van der Waals surface area contributed by atoms with Gasteiger partial charge in [-0.25, -0.2) is 14.2 Å². The van der Waals surface area contributed by atoms with Gasteiger partial charge in [0.15, 0.2) is 0 Å². The molecule has 104 valence electrons. The maximum atomic E-state index is 13.2. The molecule has 1 aromatic carbocycles. The van der Waals surface area contributed by atoms with Gasteiger partial charge in [-0.1, -0.05) is 0 Å². The quantitative estimate of drug-likeness (QED) is 0.919. The van der Waals surface area contributed by atoms with Crippen molar-refractivity contribution in [3.8, 4) is 17.6 Å². The minimum Gasteiger partial charge on any atom is -0.480 e. The molecule has 0 saturated heterocycles. The van der Waals surface area contributed by atoms with E-state index in [4.69, 9.17) is 14.6 Å². The van der Waals surface area contributed by atoms with Gasteiger partial charge in [0.1, 0.15) is 17.1 Å².